The van der Waals surface area contributed by atoms with Crippen LogP contribution in [0.3, 0.4) is 0 Å². The van der Waals surface area contributed by atoms with Gasteiger partial charge in [0.1, 0.15) is 12.4 Å². The van der Waals surface area contributed by atoms with Crippen LogP contribution in [0.1, 0.15) is 5.82 Å². The molecule has 0 unspecified atom stereocenters. The molecule has 0 aliphatic heterocycles. The molecule has 1 heterocycles. The maximum Gasteiger partial charge on any atom is 0.237 e. The van der Waals surface area contributed by atoms with Crippen LogP contribution in [-0.4, -0.2) is 15.5 Å². The zero-order chi connectivity index (χ0) is 11.7. The lowest BCUT2D eigenvalue weighted by molar-refractivity contribution is -0.118. The van der Waals surface area contributed by atoms with Gasteiger partial charge in [0.05, 0.1) is 16.9 Å². The maximum absolute atomic E-state index is 11.0. The smallest absolute Gasteiger partial charge is 0.237 e. The summed E-state index contributed by atoms with van der Waals surface area (Å²) in [5.74, 6) is 0.485. The molecule has 1 amide bonds. The molecule has 0 saturated heterocycles. The summed E-state index contributed by atoms with van der Waals surface area (Å²) in [6.45, 7) is 0.0923. The number of rotatable bonds is 3. The minimum atomic E-state index is -0.411. The highest BCUT2D eigenvalue weighted by Gasteiger charge is 2.11. The van der Waals surface area contributed by atoms with Crippen LogP contribution in [0.4, 0.5) is 0 Å². The summed E-state index contributed by atoms with van der Waals surface area (Å²) in [6, 6.07) is 5.65. The predicted molar refractivity (Wildman–Crippen MR) is 66.2 cm³/mol. The monoisotopic (exact) mass is 301 g/mol. The van der Waals surface area contributed by atoms with Crippen molar-refractivity contribution < 1.29 is 4.79 Å². The molecular formula is C10H9BrClN3O. The van der Waals surface area contributed by atoms with E-state index in [1.807, 2.05) is 18.2 Å². The van der Waals surface area contributed by atoms with E-state index in [9.17, 15) is 4.79 Å². The number of benzene rings is 1. The Kier molecular flexibility index (Phi) is 3.16. The van der Waals surface area contributed by atoms with Crippen molar-refractivity contribution in [1.29, 1.82) is 0 Å². The van der Waals surface area contributed by atoms with Gasteiger partial charge < -0.3 is 10.3 Å². The Morgan fingerprint density at radius 1 is 1.56 bits per heavy atom. The summed E-state index contributed by atoms with van der Waals surface area (Å²) in [5.41, 5.74) is 6.85. The number of nitrogens with two attached hydrogens (primary N) is 1. The molecule has 0 spiro atoms. The number of imidazole rings is 1. The van der Waals surface area contributed by atoms with E-state index in [4.69, 9.17) is 17.3 Å². The summed E-state index contributed by atoms with van der Waals surface area (Å²) in [4.78, 5) is 15.3. The molecule has 1 aromatic heterocycles. The fourth-order valence-corrected chi connectivity index (χ4v) is 2.13. The van der Waals surface area contributed by atoms with Crippen molar-refractivity contribution in [3.63, 3.8) is 0 Å². The lowest BCUT2D eigenvalue weighted by Crippen LogP contribution is -2.19. The molecule has 0 radical (unpaired) electrons. The molecular weight excluding hydrogens is 293 g/mol. The van der Waals surface area contributed by atoms with Gasteiger partial charge in [0, 0.05) is 4.47 Å². The summed E-state index contributed by atoms with van der Waals surface area (Å²) in [6.07, 6.45) is 0. The van der Waals surface area contributed by atoms with Gasteiger partial charge in [-0.25, -0.2) is 4.98 Å². The van der Waals surface area contributed by atoms with Crippen LogP contribution in [0.2, 0.25) is 0 Å². The molecule has 0 atom stereocenters. The largest absolute Gasteiger partial charge is 0.368 e. The zero-order valence-corrected chi connectivity index (χ0v) is 10.6. The Morgan fingerprint density at radius 3 is 2.94 bits per heavy atom. The summed E-state index contributed by atoms with van der Waals surface area (Å²) >= 11 is 9.15. The highest BCUT2D eigenvalue weighted by atomic mass is 79.9. The molecule has 2 aromatic rings. The van der Waals surface area contributed by atoms with Gasteiger partial charge in [0.15, 0.2) is 0 Å². The van der Waals surface area contributed by atoms with Crippen molar-refractivity contribution in [2.45, 2.75) is 12.4 Å². The van der Waals surface area contributed by atoms with E-state index in [-0.39, 0.29) is 12.4 Å². The van der Waals surface area contributed by atoms with Crippen molar-refractivity contribution >= 4 is 44.5 Å². The number of fused-ring (bicyclic) bond motifs is 1. The van der Waals surface area contributed by atoms with E-state index in [0.29, 0.717) is 5.82 Å². The first kappa shape index (κ1) is 11.4. The average molecular weight is 303 g/mol. The normalized spacial score (nSPS) is 10.9. The van der Waals surface area contributed by atoms with E-state index < -0.39 is 5.91 Å². The van der Waals surface area contributed by atoms with Crippen LogP contribution in [0, 0.1) is 0 Å². The molecule has 2 rings (SSSR count). The Morgan fingerprint density at radius 2 is 2.31 bits per heavy atom. The molecule has 0 saturated carbocycles. The van der Waals surface area contributed by atoms with E-state index in [2.05, 4.69) is 20.9 Å². The van der Waals surface area contributed by atoms with E-state index >= 15 is 0 Å². The molecule has 6 heteroatoms. The number of aromatic nitrogens is 2. The third kappa shape index (κ3) is 2.05. The first-order chi connectivity index (χ1) is 7.61. The molecule has 84 valence electrons. The van der Waals surface area contributed by atoms with Gasteiger partial charge in [-0.1, -0.05) is 15.9 Å². The quantitative estimate of drug-likeness (QED) is 0.882. The molecule has 0 aliphatic rings. The van der Waals surface area contributed by atoms with Gasteiger partial charge in [-0.05, 0) is 18.2 Å². The van der Waals surface area contributed by atoms with E-state index in [1.54, 1.807) is 4.57 Å². The van der Waals surface area contributed by atoms with Gasteiger partial charge in [0.25, 0.3) is 0 Å². The average Bonchev–Trinajstić information content (AvgIpc) is 2.56. The number of alkyl halides is 1. The third-order valence-corrected chi connectivity index (χ3v) is 2.96. The van der Waals surface area contributed by atoms with E-state index in [1.165, 1.54) is 0 Å². The van der Waals surface area contributed by atoms with Crippen molar-refractivity contribution in [2.24, 2.45) is 5.73 Å². The van der Waals surface area contributed by atoms with Gasteiger partial charge in [-0.15, -0.1) is 11.6 Å². The maximum atomic E-state index is 11.0. The first-order valence-electron chi connectivity index (χ1n) is 4.60. The minimum absolute atomic E-state index is 0.0923. The number of nitrogens with zero attached hydrogens (tertiary/aromatic N) is 2. The molecule has 4 nitrogen and oxygen atoms in total. The Balaban J connectivity index is 2.65. The summed E-state index contributed by atoms with van der Waals surface area (Å²) < 4.78 is 2.65. The van der Waals surface area contributed by atoms with Crippen LogP contribution >= 0.6 is 27.5 Å². The minimum Gasteiger partial charge on any atom is -0.368 e. The molecule has 1 aromatic carbocycles. The fraction of sp³-hybridized carbons (Fsp3) is 0.200. The number of hydrogen-bond donors (Lipinski definition) is 1. The topological polar surface area (TPSA) is 60.9 Å². The molecule has 2 N–H and O–H groups in total. The van der Waals surface area contributed by atoms with Crippen molar-refractivity contribution in [3.05, 3.63) is 28.5 Å². The molecule has 0 aliphatic carbocycles. The fourth-order valence-electron chi connectivity index (χ4n) is 1.58. The second-order valence-electron chi connectivity index (χ2n) is 3.35. The summed E-state index contributed by atoms with van der Waals surface area (Å²) in [7, 11) is 0. The number of primary amides is 1. The number of halogens is 2. The molecule has 0 bridgehead atoms. The van der Waals surface area contributed by atoms with Crippen LogP contribution in [0.15, 0.2) is 22.7 Å². The molecule has 16 heavy (non-hydrogen) atoms. The van der Waals surface area contributed by atoms with Crippen LogP contribution in [-0.2, 0) is 17.2 Å². The lowest BCUT2D eigenvalue weighted by atomic mass is 10.3. The van der Waals surface area contributed by atoms with Crippen LogP contribution < -0.4 is 5.73 Å². The Hall–Kier alpha value is -1.07. The highest BCUT2D eigenvalue weighted by molar-refractivity contribution is 9.10. The third-order valence-electron chi connectivity index (χ3n) is 2.22. The summed E-state index contributed by atoms with van der Waals surface area (Å²) in [5, 5.41) is 0. The highest BCUT2D eigenvalue weighted by Crippen LogP contribution is 2.21. The van der Waals surface area contributed by atoms with Crippen molar-refractivity contribution in [1.82, 2.24) is 9.55 Å². The second kappa shape index (κ2) is 4.43. The Labute approximate surface area is 106 Å². The van der Waals surface area contributed by atoms with Gasteiger partial charge in [0.2, 0.25) is 5.91 Å². The predicted octanol–water partition coefficient (Wildman–Crippen LogP) is 2.02. The second-order valence-corrected chi connectivity index (χ2v) is 4.53. The standard InChI is InChI=1S/C10H9BrClN3O/c11-6-1-2-7-8(3-6)15(5-9(13)16)10(4-12)14-7/h1-3H,4-5H2,(H2,13,16). The SMILES string of the molecule is NC(=O)Cn1c(CCl)nc2ccc(Br)cc21. The number of hydrogen-bond acceptors (Lipinski definition) is 2. The number of amides is 1. The van der Waals surface area contributed by atoms with Crippen molar-refractivity contribution in [3.8, 4) is 0 Å². The first-order valence-corrected chi connectivity index (χ1v) is 5.93. The zero-order valence-electron chi connectivity index (χ0n) is 8.28. The number of carbonyl (C=O) groups excluding carboxylic acids is 1. The van der Waals surface area contributed by atoms with Crippen molar-refractivity contribution in [2.75, 3.05) is 0 Å². The van der Waals surface area contributed by atoms with Gasteiger partial charge in [-0.3, -0.25) is 4.79 Å². The lowest BCUT2D eigenvalue weighted by Gasteiger charge is -2.04. The van der Waals surface area contributed by atoms with Gasteiger partial charge in [-0.2, -0.15) is 0 Å². The number of carbonyl (C=O) groups is 1. The van der Waals surface area contributed by atoms with Crippen LogP contribution in [0.25, 0.3) is 11.0 Å². The molecule has 0 fully saturated rings. The van der Waals surface area contributed by atoms with E-state index in [0.717, 1.165) is 15.5 Å². The van der Waals surface area contributed by atoms with Gasteiger partial charge >= 0.3 is 0 Å². The Bertz CT molecular complexity index is 552. The van der Waals surface area contributed by atoms with Crippen LogP contribution in [0.5, 0.6) is 0 Å².